The number of amides is 4. The van der Waals surface area contributed by atoms with Crippen molar-refractivity contribution in [1.82, 2.24) is 15.5 Å². The van der Waals surface area contributed by atoms with E-state index >= 15 is 0 Å². The number of carboxylic acids is 1. The van der Waals surface area contributed by atoms with E-state index in [1.54, 1.807) is 12.1 Å². The zero-order chi connectivity index (χ0) is 23.8. The van der Waals surface area contributed by atoms with Crippen molar-refractivity contribution in [2.24, 2.45) is 11.5 Å². The molecular formula is C21H29N5O6. The fourth-order valence-corrected chi connectivity index (χ4v) is 3.53. The standard InChI is InChI=1S/C21H29N5O6/c1-12(22)18(28)24-14(10-13-6-3-2-4-7-13)20(30)26-9-5-8-16(26)19(29)25-15(21(31)32)11-17(23)27/h2-4,6-7,12,14-16H,5,8-11,22H2,1H3,(H2,23,27)(H,24,28)(H,25,29)(H,31,32). The molecule has 11 nitrogen and oxygen atoms in total. The van der Waals surface area contributed by atoms with Crippen LogP contribution in [0.5, 0.6) is 0 Å². The summed E-state index contributed by atoms with van der Waals surface area (Å²) in [5.41, 5.74) is 11.5. The number of nitrogens with two attached hydrogens (primary N) is 2. The number of nitrogens with one attached hydrogen (secondary N) is 2. The molecule has 1 fully saturated rings. The molecule has 1 heterocycles. The smallest absolute Gasteiger partial charge is 0.326 e. The predicted octanol–water partition coefficient (Wildman–Crippen LogP) is -1.50. The van der Waals surface area contributed by atoms with Crippen LogP contribution in [-0.2, 0) is 30.4 Å². The maximum atomic E-state index is 13.3. The van der Waals surface area contributed by atoms with E-state index in [9.17, 15) is 29.1 Å². The molecule has 0 bridgehead atoms. The Morgan fingerprint density at radius 2 is 1.78 bits per heavy atom. The zero-order valence-corrected chi connectivity index (χ0v) is 17.8. The summed E-state index contributed by atoms with van der Waals surface area (Å²) < 4.78 is 0. The molecule has 4 atom stereocenters. The van der Waals surface area contributed by atoms with E-state index in [1.807, 2.05) is 18.2 Å². The second-order valence-electron chi connectivity index (χ2n) is 7.80. The second-order valence-corrected chi connectivity index (χ2v) is 7.80. The molecule has 1 aliphatic rings. The van der Waals surface area contributed by atoms with Crippen molar-refractivity contribution in [2.75, 3.05) is 6.54 Å². The van der Waals surface area contributed by atoms with Crippen LogP contribution in [0.4, 0.5) is 0 Å². The first-order valence-electron chi connectivity index (χ1n) is 10.3. The quantitative estimate of drug-likeness (QED) is 0.289. The second kappa shape index (κ2) is 11.2. The van der Waals surface area contributed by atoms with E-state index in [4.69, 9.17) is 11.5 Å². The fraction of sp³-hybridized carbons (Fsp3) is 0.476. The minimum absolute atomic E-state index is 0.197. The monoisotopic (exact) mass is 447 g/mol. The molecule has 0 spiro atoms. The lowest BCUT2D eigenvalue weighted by atomic mass is 10.0. The van der Waals surface area contributed by atoms with Crippen molar-refractivity contribution in [1.29, 1.82) is 0 Å². The summed E-state index contributed by atoms with van der Waals surface area (Å²) in [5.74, 6) is -3.95. The Kier molecular flexibility index (Phi) is 8.71. The molecule has 0 aliphatic carbocycles. The average Bonchev–Trinajstić information content (AvgIpc) is 3.22. The fourth-order valence-electron chi connectivity index (χ4n) is 3.53. The largest absolute Gasteiger partial charge is 0.480 e. The van der Waals surface area contributed by atoms with Crippen molar-refractivity contribution in [3.63, 3.8) is 0 Å². The zero-order valence-electron chi connectivity index (χ0n) is 17.8. The molecule has 7 N–H and O–H groups in total. The van der Waals surface area contributed by atoms with Crippen LogP contribution in [0, 0.1) is 0 Å². The average molecular weight is 447 g/mol. The molecule has 0 radical (unpaired) electrons. The molecule has 0 aromatic heterocycles. The Bertz CT molecular complexity index is 859. The summed E-state index contributed by atoms with van der Waals surface area (Å²) in [6.07, 6.45) is 0.474. The van der Waals surface area contributed by atoms with Crippen molar-refractivity contribution < 1.29 is 29.1 Å². The van der Waals surface area contributed by atoms with Crippen molar-refractivity contribution in [3.05, 3.63) is 35.9 Å². The summed E-state index contributed by atoms with van der Waals surface area (Å²) in [5, 5.41) is 14.2. The van der Waals surface area contributed by atoms with Crippen molar-refractivity contribution in [3.8, 4) is 0 Å². The molecule has 2 rings (SSSR count). The maximum Gasteiger partial charge on any atom is 0.326 e. The number of hydrogen-bond donors (Lipinski definition) is 5. The van der Waals surface area contributed by atoms with E-state index in [-0.39, 0.29) is 13.0 Å². The van der Waals surface area contributed by atoms with Crippen LogP contribution in [0.15, 0.2) is 30.3 Å². The molecule has 1 saturated heterocycles. The van der Waals surface area contributed by atoms with Crippen molar-refractivity contribution >= 4 is 29.6 Å². The third-order valence-corrected chi connectivity index (χ3v) is 5.17. The summed E-state index contributed by atoms with van der Waals surface area (Å²) >= 11 is 0. The van der Waals surface area contributed by atoms with Gasteiger partial charge in [0.25, 0.3) is 0 Å². The highest BCUT2D eigenvalue weighted by molar-refractivity contribution is 5.95. The highest BCUT2D eigenvalue weighted by Gasteiger charge is 2.39. The predicted molar refractivity (Wildman–Crippen MR) is 114 cm³/mol. The lowest BCUT2D eigenvalue weighted by molar-refractivity contribution is -0.145. The lowest BCUT2D eigenvalue weighted by Crippen LogP contribution is -2.57. The third-order valence-electron chi connectivity index (χ3n) is 5.17. The van der Waals surface area contributed by atoms with Crippen LogP contribution in [0.1, 0.15) is 31.7 Å². The Labute approximate surface area is 185 Å². The van der Waals surface area contributed by atoms with Gasteiger partial charge < -0.3 is 32.1 Å². The number of carbonyl (C=O) groups is 5. The van der Waals surface area contributed by atoms with Crippen LogP contribution in [-0.4, -0.2) is 70.3 Å². The molecule has 4 amide bonds. The van der Waals surface area contributed by atoms with Gasteiger partial charge in [-0.05, 0) is 25.3 Å². The molecule has 4 unspecified atom stereocenters. The molecule has 1 aliphatic heterocycles. The van der Waals surface area contributed by atoms with Gasteiger partial charge in [-0.1, -0.05) is 30.3 Å². The minimum atomic E-state index is -1.49. The van der Waals surface area contributed by atoms with Crippen LogP contribution < -0.4 is 22.1 Å². The molecule has 0 saturated carbocycles. The number of benzene rings is 1. The lowest BCUT2D eigenvalue weighted by Gasteiger charge is -2.29. The van der Waals surface area contributed by atoms with Gasteiger partial charge in [0.15, 0.2) is 0 Å². The van der Waals surface area contributed by atoms with E-state index in [1.165, 1.54) is 11.8 Å². The first kappa shape index (κ1) is 24.8. The summed E-state index contributed by atoms with van der Waals surface area (Å²) in [7, 11) is 0. The van der Waals surface area contributed by atoms with Crippen LogP contribution >= 0.6 is 0 Å². The SMILES string of the molecule is CC(N)C(=O)NC(Cc1ccccc1)C(=O)N1CCCC1C(=O)NC(CC(N)=O)C(=O)O. The number of aliphatic carboxylic acids is 1. The summed E-state index contributed by atoms with van der Waals surface area (Å²) in [6.45, 7) is 1.76. The number of rotatable bonds is 10. The van der Waals surface area contributed by atoms with E-state index in [0.29, 0.717) is 12.8 Å². The molecule has 1 aromatic rings. The van der Waals surface area contributed by atoms with Gasteiger partial charge in [0, 0.05) is 13.0 Å². The first-order valence-corrected chi connectivity index (χ1v) is 10.3. The van der Waals surface area contributed by atoms with Gasteiger partial charge >= 0.3 is 5.97 Å². The van der Waals surface area contributed by atoms with Crippen LogP contribution in [0.2, 0.25) is 0 Å². The summed E-state index contributed by atoms with van der Waals surface area (Å²) in [4.78, 5) is 62.0. The van der Waals surface area contributed by atoms with Gasteiger partial charge in [-0.25, -0.2) is 4.79 Å². The van der Waals surface area contributed by atoms with E-state index in [0.717, 1.165) is 5.56 Å². The molecular weight excluding hydrogens is 418 g/mol. The number of hydrogen-bond acceptors (Lipinski definition) is 6. The van der Waals surface area contributed by atoms with E-state index in [2.05, 4.69) is 10.6 Å². The van der Waals surface area contributed by atoms with Gasteiger partial charge in [0.05, 0.1) is 12.5 Å². The van der Waals surface area contributed by atoms with Gasteiger partial charge in [-0.3, -0.25) is 19.2 Å². The van der Waals surface area contributed by atoms with Gasteiger partial charge in [-0.2, -0.15) is 0 Å². The molecule has 32 heavy (non-hydrogen) atoms. The Balaban J connectivity index is 2.19. The van der Waals surface area contributed by atoms with Crippen LogP contribution in [0.25, 0.3) is 0 Å². The Morgan fingerprint density at radius 1 is 1.12 bits per heavy atom. The number of nitrogens with zero attached hydrogens (tertiary/aromatic N) is 1. The van der Waals surface area contributed by atoms with Gasteiger partial charge in [-0.15, -0.1) is 0 Å². The number of likely N-dealkylation sites (tertiary alicyclic amines) is 1. The minimum Gasteiger partial charge on any atom is -0.480 e. The number of primary amides is 1. The molecule has 174 valence electrons. The third kappa shape index (κ3) is 6.77. The first-order chi connectivity index (χ1) is 15.1. The summed E-state index contributed by atoms with van der Waals surface area (Å²) in [6, 6.07) is 4.86. The maximum absolute atomic E-state index is 13.3. The van der Waals surface area contributed by atoms with E-state index < -0.39 is 60.2 Å². The Hall–Kier alpha value is -3.47. The highest BCUT2D eigenvalue weighted by Crippen LogP contribution is 2.20. The number of carbonyl (C=O) groups excluding carboxylic acids is 4. The van der Waals surface area contributed by atoms with Gasteiger partial charge in [0.2, 0.25) is 23.6 Å². The molecule has 11 heteroatoms. The highest BCUT2D eigenvalue weighted by atomic mass is 16.4. The topological polar surface area (TPSA) is 185 Å². The Morgan fingerprint density at radius 3 is 2.34 bits per heavy atom. The molecule has 1 aromatic carbocycles. The van der Waals surface area contributed by atoms with Crippen LogP contribution in [0.3, 0.4) is 0 Å². The number of carboxylic acid groups (broad SMARTS) is 1. The van der Waals surface area contributed by atoms with Gasteiger partial charge in [0.1, 0.15) is 18.1 Å². The normalized spacial score (nSPS) is 18.3. The van der Waals surface area contributed by atoms with Crippen molar-refractivity contribution in [2.45, 2.75) is 56.8 Å².